The van der Waals surface area contributed by atoms with E-state index < -0.39 is 0 Å². The number of fused-ring (bicyclic) bond motifs is 3. The first-order valence-electron chi connectivity index (χ1n) is 16.4. The van der Waals surface area contributed by atoms with Crippen molar-refractivity contribution in [3.63, 3.8) is 0 Å². The molecule has 0 amide bonds. The first kappa shape index (κ1) is 33.4. The maximum absolute atomic E-state index is 6.50. The van der Waals surface area contributed by atoms with Crippen LogP contribution in [0.5, 0.6) is 11.5 Å². The van der Waals surface area contributed by atoms with Gasteiger partial charge in [-0.15, -0.1) is 35.7 Å². The van der Waals surface area contributed by atoms with Crippen LogP contribution in [0.1, 0.15) is 62.2 Å². The van der Waals surface area contributed by atoms with Crippen LogP contribution in [0.15, 0.2) is 91.1 Å². The summed E-state index contributed by atoms with van der Waals surface area (Å²) in [6.07, 6.45) is 3.76. The average Bonchev–Trinajstić information content (AvgIpc) is 3.59. The van der Waals surface area contributed by atoms with Crippen LogP contribution < -0.4 is 4.74 Å². The number of pyridine rings is 1. The monoisotopic (exact) mass is 811 g/mol. The predicted molar refractivity (Wildman–Crippen MR) is 192 cm³/mol. The Labute approximate surface area is 297 Å². The number of hydrogen-bond donors (Lipinski definition) is 0. The Morgan fingerprint density at radius 1 is 0.792 bits per heavy atom. The molecular formula is C42H40N4OPt. The third-order valence-electron chi connectivity index (χ3n) is 8.84. The van der Waals surface area contributed by atoms with Crippen molar-refractivity contribution in [2.45, 2.75) is 66.7 Å². The van der Waals surface area contributed by atoms with Gasteiger partial charge in [-0.1, -0.05) is 76.0 Å². The van der Waals surface area contributed by atoms with Crippen LogP contribution in [0.25, 0.3) is 44.4 Å². The molecule has 3 aromatic heterocycles. The molecule has 3 heterocycles. The minimum Gasteiger partial charge on any atom is -0.509 e. The van der Waals surface area contributed by atoms with Gasteiger partial charge in [0.25, 0.3) is 0 Å². The van der Waals surface area contributed by atoms with Gasteiger partial charge in [0.05, 0.1) is 11.4 Å². The SMILES string of the molecule is CCCc1nn(-c2[c-]c(Oc3[c-]c4c(cc3)c3ccccc3n4-c3cc(C)ccn3)ccc2)c(C(C)(C)C)c1-c1ccc(C)c(C)c1.[Pt+2]. The van der Waals surface area contributed by atoms with Crippen molar-refractivity contribution in [3.05, 3.63) is 131 Å². The van der Waals surface area contributed by atoms with Gasteiger partial charge in [0.1, 0.15) is 5.82 Å². The largest absolute Gasteiger partial charge is 2.00 e. The van der Waals surface area contributed by atoms with E-state index in [0.717, 1.165) is 57.4 Å². The van der Waals surface area contributed by atoms with Crippen molar-refractivity contribution in [2.75, 3.05) is 0 Å². The quantitative estimate of drug-likeness (QED) is 0.151. The van der Waals surface area contributed by atoms with Crippen LogP contribution >= 0.6 is 0 Å². The van der Waals surface area contributed by atoms with Crippen LogP contribution in [0.2, 0.25) is 0 Å². The number of benzene rings is 4. The topological polar surface area (TPSA) is 44.9 Å². The molecular weight excluding hydrogens is 772 g/mol. The number of nitrogens with zero attached hydrogens (tertiary/aromatic N) is 4. The van der Waals surface area contributed by atoms with E-state index in [2.05, 4.69) is 131 Å². The van der Waals surface area contributed by atoms with Crippen molar-refractivity contribution >= 4 is 21.8 Å². The molecule has 0 aliphatic heterocycles. The van der Waals surface area contributed by atoms with Crippen LogP contribution in [0, 0.1) is 32.9 Å². The Bertz CT molecular complexity index is 2270. The summed E-state index contributed by atoms with van der Waals surface area (Å²) < 4.78 is 10.7. The zero-order chi connectivity index (χ0) is 32.9. The van der Waals surface area contributed by atoms with E-state index in [1.165, 1.54) is 27.9 Å². The van der Waals surface area contributed by atoms with Crippen LogP contribution in [-0.2, 0) is 32.9 Å². The molecule has 0 aliphatic carbocycles. The van der Waals surface area contributed by atoms with Crippen molar-refractivity contribution in [3.8, 4) is 34.1 Å². The van der Waals surface area contributed by atoms with Crippen molar-refractivity contribution in [2.24, 2.45) is 0 Å². The van der Waals surface area contributed by atoms with Gasteiger partial charge in [-0.25, -0.2) is 4.98 Å². The summed E-state index contributed by atoms with van der Waals surface area (Å²) in [5.41, 5.74) is 11.1. The molecule has 0 spiro atoms. The number of aryl methyl sites for hydroxylation is 4. The van der Waals surface area contributed by atoms with Gasteiger partial charge in [-0.3, -0.25) is 4.68 Å². The maximum atomic E-state index is 6.50. The van der Waals surface area contributed by atoms with E-state index in [1.807, 2.05) is 30.5 Å². The molecule has 0 atom stereocenters. The van der Waals surface area contributed by atoms with E-state index >= 15 is 0 Å². The standard InChI is InChI=1S/C42H40N4O.Pt/c1-8-12-36-40(30-18-17-28(3)29(4)24-30)41(42(5,6)7)46(44-36)31-13-11-14-32(25-31)47-33-19-20-35-34-15-9-10-16-37(34)45(38(35)26-33)39-23-27(2)21-22-43-39;/h9-11,13-24H,8,12H2,1-7H3;/q-2;+2. The first-order chi connectivity index (χ1) is 22.6. The molecule has 48 heavy (non-hydrogen) atoms. The zero-order valence-electron chi connectivity index (χ0n) is 28.6. The van der Waals surface area contributed by atoms with E-state index in [9.17, 15) is 0 Å². The summed E-state index contributed by atoms with van der Waals surface area (Å²) in [7, 11) is 0. The first-order valence-corrected chi connectivity index (χ1v) is 16.4. The smallest absolute Gasteiger partial charge is 0.509 e. The second-order valence-electron chi connectivity index (χ2n) is 13.5. The van der Waals surface area contributed by atoms with Crippen molar-refractivity contribution in [1.29, 1.82) is 0 Å². The minimum absolute atomic E-state index is 0. The molecule has 7 aromatic rings. The van der Waals surface area contributed by atoms with Gasteiger partial charge in [-0.2, -0.15) is 17.2 Å². The zero-order valence-corrected chi connectivity index (χ0v) is 30.9. The van der Waals surface area contributed by atoms with E-state index in [0.29, 0.717) is 11.5 Å². The normalized spacial score (nSPS) is 11.6. The van der Waals surface area contributed by atoms with E-state index in [4.69, 9.17) is 14.8 Å². The second-order valence-corrected chi connectivity index (χ2v) is 13.5. The van der Waals surface area contributed by atoms with Gasteiger partial charge >= 0.3 is 21.1 Å². The van der Waals surface area contributed by atoms with Gasteiger partial charge < -0.3 is 9.30 Å². The minimum atomic E-state index is -0.173. The summed E-state index contributed by atoms with van der Waals surface area (Å²) in [5.74, 6) is 2.07. The Balaban J connectivity index is 0.00000401. The second kappa shape index (κ2) is 13.2. The Hall–Kier alpha value is -4.47. The van der Waals surface area contributed by atoms with E-state index in [1.54, 1.807) is 0 Å². The molecule has 0 fully saturated rings. The number of para-hydroxylation sites is 1. The number of hydrogen-bond acceptors (Lipinski definition) is 3. The Morgan fingerprint density at radius 3 is 2.33 bits per heavy atom. The van der Waals surface area contributed by atoms with Crippen LogP contribution in [-0.4, -0.2) is 19.3 Å². The molecule has 6 heteroatoms. The molecule has 0 radical (unpaired) electrons. The van der Waals surface area contributed by atoms with E-state index in [-0.39, 0.29) is 26.5 Å². The summed E-state index contributed by atoms with van der Waals surface area (Å²) >= 11 is 0. The molecule has 0 saturated heterocycles. The third-order valence-corrected chi connectivity index (χ3v) is 8.84. The number of rotatable bonds is 7. The molecule has 0 N–H and O–H groups in total. The third kappa shape index (κ3) is 6.13. The van der Waals surface area contributed by atoms with Crippen molar-refractivity contribution in [1.82, 2.24) is 19.3 Å². The molecule has 5 nitrogen and oxygen atoms in total. The van der Waals surface area contributed by atoms with Gasteiger partial charge in [0.2, 0.25) is 0 Å². The van der Waals surface area contributed by atoms with Gasteiger partial charge in [0.15, 0.2) is 0 Å². The van der Waals surface area contributed by atoms with Gasteiger partial charge in [0, 0.05) is 34.2 Å². The number of ether oxygens (including phenoxy) is 1. The molecule has 0 saturated carbocycles. The summed E-state index contributed by atoms with van der Waals surface area (Å²) in [6, 6.07) is 36.5. The molecule has 7 rings (SSSR count). The fraction of sp³-hybridized carbons (Fsp3) is 0.238. The molecule has 0 aliphatic rings. The maximum Gasteiger partial charge on any atom is 2.00 e. The fourth-order valence-corrected chi connectivity index (χ4v) is 6.49. The predicted octanol–water partition coefficient (Wildman–Crippen LogP) is 10.6. The summed E-state index contributed by atoms with van der Waals surface area (Å²) in [4.78, 5) is 4.71. The van der Waals surface area contributed by atoms with Crippen molar-refractivity contribution < 1.29 is 25.8 Å². The number of aromatic nitrogens is 4. The summed E-state index contributed by atoms with van der Waals surface area (Å²) in [5, 5.41) is 7.49. The molecule has 0 unspecified atom stereocenters. The summed E-state index contributed by atoms with van der Waals surface area (Å²) in [6.45, 7) is 15.4. The van der Waals surface area contributed by atoms with Gasteiger partial charge in [-0.05, 0) is 78.7 Å². The molecule has 4 aromatic carbocycles. The Kier molecular flexibility index (Phi) is 9.20. The molecule has 244 valence electrons. The molecule has 0 bridgehead atoms. The fourth-order valence-electron chi connectivity index (χ4n) is 6.49. The van der Waals surface area contributed by atoms with Crippen LogP contribution in [0.4, 0.5) is 0 Å². The Morgan fingerprint density at radius 2 is 1.58 bits per heavy atom. The van der Waals surface area contributed by atoms with Crippen LogP contribution in [0.3, 0.4) is 0 Å². The average molecular weight is 812 g/mol.